The van der Waals surface area contributed by atoms with Crippen LogP contribution < -0.4 is 5.32 Å². The van der Waals surface area contributed by atoms with Crippen molar-refractivity contribution in [2.24, 2.45) is 0 Å². The van der Waals surface area contributed by atoms with Gasteiger partial charge in [0.2, 0.25) is 0 Å². The van der Waals surface area contributed by atoms with Gasteiger partial charge in [0.25, 0.3) is 0 Å². The summed E-state index contributed by atoms with van der Waals surface area (Å²) in [5.74, 6) is 0. The number of ether oxygens (including phenoxy) is 2. The van der Waals surface area contributed by atoms with E-state index < -0.39 is 0 Å². The molecular weight excluding hydrogens is 204 g/mol. The van der Waals surface area contributed by atoms with Crippen LogP contribution in [0.3, 0.4) is 0 Å². The van der Waals surface area contributed by atoms with Gasteiger partial charge in [-0.05, 0) is 26.9 Å². The van der Waals surface area contributed by atoms with Crippen LogP contribution in [0.5, 0.6) is 0 Å². The maximum absolute atomic E-state index is 5.58. The summed E-state index contributed by atoms with van der Waals surface area (Å²) in [6.07, 6.45) is 1.59. The molecule has 0 bridgehead atoms. The minimum Gasteiger partial charge on any atom is -0.377 e. The molecule has 0 aromatic rings. The summed E-state index contributed by atoms with van der Waals surface area (Å²) in [5.41, 5.74) is 0. The van der Waals surface area contributed by atoms with Crippen LogP contribution in [0.2, 0.25) is 0 Å². The van der Waals surface area contributed by atoms with Gasteiger partial charge in [-0.25, -0.2) is 0 Å². The fourth-order valence-electron chi connectivity index (χ4n) is 2.07. The van der Waals surface area contributed by atoms with E-state index in [1.165, 1.54) is 0 Å². The van der Waals surface area contributed by atoms with Crippen LogP contribution in [0.25, 0.3) is 0 Å². The lowest BCUT2D eigenvalue weighted by Gasteiger charge is -2.43. The summed E-state index contributed by atoms with van der Waals surface area (Å²) >= 11 is 0. The minimum atomic E-state index is 0.229. The molecule has 1 N–H and O–H groups in total. The summed E-state index contributed by atoms with van der Waals surface area (Å²) in [5, 5.41) is 3.53. The molecule has 4 heteroatoms. The van der Waals surface area contributed by atoms with E-state index in [1.807, 2.05) is 6.92 Å². The monoisotopic (exact) mass is 230 g/mol. The normalized spacial score (nSPS) is 29.4. The Labute approximate surface area is 99.3 Å². The minimum absolute atomic E-state index is 0.229. The van der Waals surface area contributed by atoms with E-state index in [-0.39, 0.29) is 12.2 Å². The van der Waals surface area contributed by atoms with Crippen molar-refractivity contribution in [1.29, 1.82) is 0 Å². The van der Waals surface area contributed by atoms with Crippen molar-refractivity contribution < 1.29 is 9.47 Å². The summed E-state index contributed by atoms with van der Waals surface area (Å²) in [4.78, 5) is 2.30. The highest BCUT2D eigenvalue weighted by molar-refractivity contribution is 4.97. The number of hydrogen-bond donors (Lipinski definition) is 1. The van der Waals surface area contributed by atoms with E-state index in [0.29, 0.717) is 6.04 Å². The predicted octanol–water partition coefficient (Wildman–Crippen LogP) is 0.720. The van der Waals surface area contributed by atoms with Crippen molar-refractivity contribution >= 4 is 0 Å². The molecule has 1 fully saturated rings. The molecule has 0 saturated heterocycles. The molecule has 0 amide bonds. The van der Waals surface area contributed by atoms with Gasteiger partial charge in [0.15, 0.2) is 0 Å². The first-order valence-corrected chi connectivity index (χ1v) is 6.29. The van der Waals surface area contributed by atoms with Crippen LogP contribution in [0.15, 0.2) is 0 Å². The fourth-order valence-corrected chi connectivity index (χ4v) is 2.07. The van der Waals surface area contributed by atoms with Crippen LogP contribution in [-0.2, 0) is 9.47 Å². The molecule has 4 nitrogen and oxygen atoms in total. The van der Waals surface area contributed by atoms with Crippen molar-refractivity contribution in [3.8, 4) is 0 Å². The molecule has 3 unspecified atom stereocenters. The highest BCUT2D eigenvalue weighted by Gasteiger charge is 2.41. The average molecular weight is 230 g/mol. The topological polar surface area (TPSA) is 33.7 Å². The van der Waals surface area contributed by atoms with Crippen molar-refractivity contribution in [1.82, 2.24) is 10.2 Å². The number of likely N-dealkylation sites (N-methyl/N-ethyl adjacent to an activating group) is 1. The van der Waals surface area contributed by atoms with Gasteiger partial charge in [-0.2, -0.15) is 0 Å². The average Bonchev–Trinajstić information content (AvgIpc) is 2.26. The third-order valence-electron chi connectivity index (χ3n) is 3.34. The quantitative estimate of drug-likeness (QED) is 0.666. The Bertz CT molecular complexity index is 190. The molecule has 0 heterocycles. The molecule has 1 aliphatic rings. The molecule has 0 aromatic heterocycles. The lowest BCUT2D eigenvalue weighted by atomic mass is 9.85. The second-order valence-corrected chi connectivity index (χ2v) is 4.39. The second kappa shape index (κ2) is 7.22. The molecule has 16 heavy (non-hydrogen) atoms. The van der Waals surface area contributed by atoms with Crippen molar-refractivity contribution in [2.45, 2.75) is 38.5 Å². The lowest BCUT2D eigenvalue weighted by Crippen LogP contribution is -2.60. The largest absolute Gasteiger partial charge is 0.377 e. The van der Waals surface area contributed by atoms with Gasteiger partial charge in [-0.3, -0.25) is 0 Å². The third kappa shape index (κ3) is 3.70. The van der Waals surface area contributed by atoms with E-state index in [2.05, 4.69) is 24.2 Å². The van der Waals surface area contributed by atoms with E-state index >= 15 is 0 Å². The number of nitrogens with one attached hydrogen (secondary N) is 1. The van der Waals surface area contributed by atoms with Gasteiger partial charge in [0, 0.05) is 32.8 Å². The molecule has 0 aliphatic heterocycles. The van der Waals surface area contributed by atoms with E-state index in [4.69, 9.17) is 9.47 Å². The summed E-state index contributed by atoms with van der Waals surface area (Å²) in [7, 11) is 3.90. The highest BCUT2D eigenvalue weighted by atomic mass is 16.5. The van der Waals surface area contributed by atoms with Gasteiger partial charge in [-0.1, -0.05) is 6.92 Å². The molecule has 96 valence electrons. The lowest BCUT2D eigenvalue weighted by molar-refractivity contribution is -0.131. The van der Waals surface area contributed by atoms with Crippen molar-refractivity contribution in [3.63, 3.8) is 0 Å². The molecular formula is C12H26N2O2. The molecule has 1 saturated carbocycles. The highest BCUT2D eigenvalue weighted by Crippen LogP contribution is 2.26. The number of hydrogen-bond acceptors (Lipinski definition) is 4. The Morgan fingerprint density at radius 2 is 2.12 bits per heavy atom. The van der Waals surface area contributed by atoms with Crippen molar-refractivity contribution in [3.05, 3.63) is 0 Å². The molecule has 3 atom stereocenters. The van der Waals surface area contributed by atoms with Crippen molar-refractivity contribution in [2.75, 3.05) is 40.4 Å². The molecule has 0 radical (unpaired) electrons. The van der Waals surface area contributed by atoms with E-state index in [0.717, 1.165) is 32.7 Å². The predicted molar refractivity (Wildman–Crippen MR) is 65.8 cm³/mol. The maximum Gasteiger partial charge on any atom is 0.0986 e. The van der Waals surface area contributed by atoms with Crippen LogP contribution in [0, 0.1) is 0 Å². The van der Waals surface area contributed by atoms with Crippen LogP contribution in [-0.4, -0.2) is 63.5 Å². The zero-order valence-electron chi connectivity index (χ0n) is 11.0. The van der Waals surface area contributed by atoms with Gasteiger partial charge in [0.1, 0.15) is 0 Å². The molecule has 0 aromatic carbocycles. The Morgan fingerprint density at radius 1 is 1.38 bits per heavy atom. The Hall–Kier alpha value is -0.160. The second-order valence-electron chi connectivity index (χ2n) is 4.39. The Kier molecular flexibility index (Phi) is 6.28. The fraction of sp³-hybridized carbons (Fsp3) is 1.00. The van der Waals surface area contributed by atoms with Gasteiger partial charge in [0.05, 0.1) is 12.2 Å². The summed E-state index contributed by atoms with van der Waals surface area (Å²) in [6, 6.07) is 0.465. The molecule has 1 rings (SSSR count). The standard InChI is InChI=1S/C12H26N2O2/c1-5-14(3)8-7-13-10-9-11(16-6-2)12(10)15-4/h10-13H,5-9H2,1-4H3. The first-order chi connectivity index (χ1) is 7.72. The first-order valence-electron chi connectivity index (χ1n) is 6.29. The number of nitrogens with zero attached hydrogens (tertiary/aromatic N) is 1. The van der Waals surface area contributed by atoms with Crippen LogP contribution >= 0.6 is 0 Å². The van der Waals surface area contributed by atoms with E-state index in [9.17, 15) is 0 Å². The smallest absolute Gasteiger partial charge is 0.0986 e. The first kappa shape index (κ1) is 13.9. The Balaban J connectivity index is 2.14. The zero-order chi connectivity index (χ0) is 12.0. The van der Waals surface area contributed by atoms with E-state index in [1.54, 1.807) is 7.11 Å². The molecule has 0 spiro atoms. The maximum atomic E-state index is 5.58. The Morgan fingerprint density at radius 3 is 2.69 bits per heavy atom. The SMILES string of the molecule is CCOC1CC(NCCN(C)CC)C1OC. The zero-order valence-corrected chi connectivity index (χ0v) is 11.0. The number of methoxy groups -OCH3 is 1. The van der Waals surface area contributed by atoms with Gasteiger partial charge in [-0.15, -0.1) is 0 Å². The van der Waals surface area contributed by atoms with Gasteiger partial charge >= 0.3 is 0 Å². The third-order valence-corrected chi connectivity index (χ3v) is 3.34. The molecule has 1 aliphatic carbocycles. The van der Waals surface area contributed by atoms with Gasteiger partial charge < -0.3 is 19.7 Å². The van der Waals surface area contributed by atoms with Crippen LogP contribution in [0.4, 0.5) is 0 Å². The van der Waals surface area contributed by atoms with Crippen LogP contribution in [0.1, 0.15) is 20.3 Å². The number of rotatable bonds is 8. The summed E-state index contributed by atoms with van der Waals surface area (Å²) < 4.78 is 11.0. The summed E-state index contributed by atoms with van der Waals surface area (Å²) in [6.45, 7) is 8.18.